The van der Waals surface area contributed by atoms with E-state index in [9.17, 15) is 0 Å². The fourth-order valence-corrected chi connectivity index (χ4v) is 2.15. The van der Waals surface area contributed by atoms with Gasteiger partial charge in [-0.1, -0.05) is 29.8 Å². The van der Waals surface area contributed by atoms with Crippen molar-refractivity contribution in [2.45, 2.75) is 18.9 Å². The molecule has 0 aliphatic carbocycles. The first kappa shape index (κ1) is 12.3. The van der Waals surface area contributed by atoms with Crippen molar-refractivity contribution in [3.05, 3.63) is 41.0 Å². The van der Waals surface area contributed by atoms with E-state index in [1.165, 1.54) is 0 Å². The van der Waals surface area contributed by atoms with Crippen molar-refractivity contribution in [3.8, 4) is 0 Å². The van der Waals surface area contributed by atoms with Crippen LogP contribution in [0.2, 0.25) is 5.15 Å². The summed E-state index contributed by atoms with van der Waals surface area (Å²) in [6.07, 6.45) is 1.72. The second kappa shape index (κ2) is 5.45. The molecule has 0 fully saturated rings. The SMILES string of the molecule is NCCC[C@@H](N)c1cc2ccccc2nc1Cl. The molecule has 1 aromatic carbocycles. The molecule has 0 aliphatic heterocycles. The van der Waals surface area contributed by atoms with Gasteiger partial charge in [-0.2, -0.15) is 0 Å². The second-order valence-corrected chi connectivity index (χ2v) is 4.46. The van der Waals surface area contributed by atoms with E-state index in [0.29, 0.717) is 11.7 Å². The summed E-state index contributed by atoms with van der Waals surface area (Å²) < 4.78 is 0. The number of nitrogens with zero attached hydrogens (tertiary/aromatic N) is 1. The molecule has 0 saturated heterocycles. The molecule has 2 aromatic rings. The van der Waals surface area contributed by atoms with Crippen LogP contribution in [0.1, 0.15) is 24.4 Å². The highest BCUT2D eigenvalue weighted by Crippen LogP contribution is 2.26. The molecular weight excluding hydrogens is 234 g/mol. The lowest BCUT2D eigenvalue weighted by Crippen LogP contribution is -2.13. The zero-order valence-electron chi connectivity index (χ0n) is 9.57. The molecule has 0 amide bonds. The lowest BCUT2D eigenvalue weighted by molar-refractivity contribution is 0.617. The zero-order valence-corrected chi connectivity index (χ0v) is 10.3. The van der Waals surface area contributed by atoms with Crippen molar-refractivity contribution < 1.29 is 0 Å². The Balaban J connectivity index is 2.36. The number of hydrogen-bond donors (Lipinski definition) is 2. The van der Waals surface area contributed by atoms with E-state index in [4.69, 9.17) is 23.1 Å². The van der Waals surface area contributed by atoms with Crippen molar-refractivity contribution in [2.24, 2.45) is 11.5 Å². The molecule has 3 nitrogen and oxygen atoms in total. The van der Waals surface area contributed by atoms with Gasteiger partial charge in [0.25, 0.3) is 0 Å². The molecule has 0 saturated carbocycles. The minimum Gasteiger partial charge on any atom is -0.330 e. The average molecular weight is 250 g/mol. The van der Waals surface area contributed by atoms with E-state index in [1.54, 1.807) is 0 Å². The highest BCUT2D eigenvalue weighted by atomic mass is 35.5. The summed E-state index contributed by atoms with van der Waals surface area (Å²) in [5.41, 5.74) is 13.4. The van der Waals surface area contributed by atoms with Crippen LogP contribution in [0.4, 0.5) is 0 Å². The molecule has 0 aliphatic rings. The van der Waals surface area contributed by atoms with Crippen LogP contribution < -0.4 is 11.5 Å². The summed E-state index contributed by atoms with van der Waals surface area (Å²) in [5, 5.41) is 1.56. The second-order valence-electron chi connectivity index (χ2n) is 4.10. The smallest absolute Gasteiger partial charge is 0.134 e. The van der Waals surface area contributed by atoms with Crippen molar-refractivity contribution in [1.82, 2.24) is 4.98 Å². The maximum absolute atomic E-state index is 6.15. The Morgan fingerprint density at radius 3 is 2.82 bits per heavy atom. The first-order chi connectivity index (χ1) is 8.22. The minimum absolute atomic E-state index is 0.0943. The molecule has 1 heterocycles. The van der Waals surface area contributed by atoms with E-state index < -0.39 is 0 Å². The third kappa shape index (κ3) is 2.75. The van der Waals surface area contributed by atoms with Crippen LogP contribution in [0.5, 0.6) is 0 Å². The third-order valence-corrected chi connectivity index (χ3v) is 3.13. The van der Waals surface area contributed by atoms with Crippen LogP contribution in [0.3, 0.4) is 0 Å². The molecule has 0 radical (unpaired) electrons. The van der Waals surface area contributed by atoms with Crippen LogP contribution in [-0.4, -0.2) is 11.5 Å². The van der Waals surface area contributed by atoms with Gasteiger partial charge in [-0.25, -0.2) is 4.98 Å². The number of para-hydroxylation sites is 1. The van der Waals surface area contributed by atoms with Crippen LogP contribution in [0.15, 0.2) is 30.3 Å². The van der Waals surface area contributed by atoms with E-state index >= 15 is 0 Å². The number of aromatic nitrogens is 1. The van der Waals surface area contributed by atoms with Gasteiger partial charge in [-0.15, -0.1) is 0 Å². The summed E-state index contributed by atoms with van der Waals surface area (Å²) in [4.78, 5) is 4.36. The van der Waals surface area contributed by atoms with E-state index in [0.717, 1.165) is 29.3 Å². The number of rotatable bonds is 4. The predicted octanol–water partition coefficient (Wildman–Crippen LogP) is 2.63. The topological polar surface area (TPSA) is 64.9 Å². The summed E-state index contributed by atoms with van der Waals surface area (Å²) in [6.45, 7) is 0.645. The van der Waals surface area contributed by atoms with Gasteiger partial charge in [0.1, 0.15) is 5.15 Å². The van der Waals surface area contributed by atoms with Crippen LogP contribution in [0, 0.1) is 0 Å². The van der Waals surface area contributed by atoms with Gasteiger partial charge < -0.3 is 11.5 Å². The van der Waals surface area contributed by atoms with Gasteiger partial charge in [0, 0.05) is 17.0 Å². The Morgan fingerprint density at radius 1 is 1.29 bits per heavy atom. The zero-order chi connectivity index (χ0) is 12.3. The molecule has 4 N–H and O–H groups in total. The first-order valence-corrected chi connectivity index (χ1v) is 6.11. The molecule has 90 valence electrons. The molecule has 0 spiro atoms. The quantitative estimate of drug-likeness (QED) is 0.819. The predicted molar refractivity (Wildman–Crippen MR) is 72.0 cm³/mol. The number of fused-ring (bicyclic) bond motifs is 1. The summed E-state index contributed by atoms with van der Waals surface area (Å²) >= 11 is 6.15. The fraction of sp³-hybridized carbons (Fsp3) is 0.308. The minimum atomic E-state index is -0.0943. The highest BCUT2D eigenvalue weighted by molar-refractivity contribution is 6.30. The number of pyridine rings is 1. The molecule has 2 rings (SSSR count). The Morgan fingerprint density at radius 2 is 2.06 bits per heavy atom. The maximum Gasteiger partial charge on any atom is 0.134 e. The average Bonchev–Trinajstić information content (AvgIpc) is 2.35. The van der Waals surface area contributed by atoms with E-state index in [-0.39, 0.29) is 6.04 Å². The molecule has 17 heavy (non-hydrogen) atoms. The van der Waals surface area contributed by atoms with Crippen molar-refractivity contribution in [2.75, 3.05) is 6.54 Å². The highest BCUT2D eigenvalue weighted by Gasteiger charge is 2.12. The third-order valence-electron chi connectivity index (χ3n) is 2.82. The first-order valence-electron chi connectivity index (χ1n) is 5.73. The van der Waals surface area contributed by atoms with E-state index in [2.05, 4.69) is 4.98 Å². The lowest BCUT2D eigenvalue weighted by atomic mass is 10.0. The normalized spacial score (nSPS) is 12.9. The summed E-state index contributed by atoms with van der Waals surface area (Å²) in [7, 11) is 0. The monoisotopic (exact) mass is 249 g/mol. The largest absolute Gasteiger partial charge is 0.330 e. The van der Waals surface area contributed by atoms with Crippen LogP contribution >= 0.6 is 11.6 Å². The number of nitrogens with two attached hydrogens (primary N) is 2. The Hall–Kier alpha value is -1.16. The number of halogens is 1. The molecule has 0 bridgehead atoms. The maximum atomic E-state index is 6.15. The summed E-state index contributed by atoms with van der Waals surface area (Å²) in [6, 6.07) is 9.80. The Kier molecular flexibility index (Phi) is 3.94. The fourth-order valence-electron chi connectivity index (χ4n) is 1.86. The van der Waals surface area contributed by atoms with Gasteiger partial charge >= 0.3 is 0 Å². The molecular formula is C13H16ClN3. The van der Waals surface area contributed by atoms with Gasteiger partial charge in [-0.05, 0) is 31.5 Å². The Labute approximate surface area is 106 Å². The van der Waals surface area contributed by atoms with Gasteiger partial charge in [0.2, 0.25) is 0 Å². The standard InChI is InChI=1S/C13H16ClN3/c14-13-10(11(16)5-3-7-15)8-9-4-1-2-6-12(9)17-13/h1-2,4,6,8,11H,3,5,7,15-16H2/t11-/m1/s1. The Bertz CT molecular complexity index is 513. The van der Waals surface area contributed by atoms with Gasteiger partial charge in [0.15, 0.2) is 0 Å². The lowest BCUT2D eigenvalue weighted by Gasteiger charge is -2.13. The van der Waals surface area contributed by atoms with E-state index in [1.807, 2.05) is 30.3 Å². The van der Waals surface area contributed by atoms with Crippen LogP contribution in [0.25, 0.3) is 10.9 Å². The van der Waals surface area contributed by atoms with Gasteiger partial charge in [-0.3, -0.25) is 0 Å². The molecule has 1 aromatic heterocycles. The molecule has 4 heteroatoms. The van der Waals surface area contributed by atoms with Crippen molar-refractivity contribution in [3.63, 3.8) is 0 Å². The van der Waals surface area contributed by atoms with Crippen molar-refractivity contribution in [1.29, 1.82) is 0 Å². The molecule has 0 unspecified atom stereocenters. The van der Waals surface area contributed by atoms with Crippen LogP contribution in [-0.2, 0) is 0 Å². The summed E-state index contributed by atoms with van der Waals surface area (Å²) in [5.74, 6) is 0. The molecule has 1 atom stereocenters. The van der Waals surface area contributed by atoms with Gasteiger partial charge in [0.05, 0.1) is 5.52 Å². The van der Waals surface area contributed by atoms with Crippen molar-refractivity contribution >= 4 is 22.5 Å². The number of hydrogen-bond acceptors (Lipinski definition) is 3. The number of benzene rings is 1.